The Morgan fingerprint density at radius 3 is 2.17 bits per heavy atom. The first kappa shape index (κ1) is 32.8. The Hall–Kier alpha value is -1.20. The molecule has 1 aliphatic heterocycles. The van der Waals surface area contributed by atoms with Crippen LogP contribution in [0.2, 0.25) is 0 Å². The van der Waals surface area contributed by atoms with Crippen molar-refractivity contribution in [3.63, 3.8) is 0 Å². The normalized spacial score (nSPS) is 16.8. The number of nitrogens with one attached hydrogen (secondary N) is 1. The van der Waals surface area contributed by atoms with Gasteiger partial charge >= 0.3 is 0 Å². The summed E-state index contributed by atoms with van der Waals surface area (Å²) in [5.41, 5.74) is 1.50. The van der Waals surface area contributed by atoms with E-state index in [4.69, 9.17) is 43.2 Å². The molecule has 0 amide bonds. The van der Waals surface area contributed by atoms with Crippen molar-refractivity contribution in [3.8, 4) is 0 Å². The second kappa shape index (κ2) is 16.6. The molecule has 3 rings (SSSR count). The van der Waals surface area contributed by atoms with Crippen molar-refractivity contribution in [2.24, 2.45) is 0 Å². The molecule has 1 aliphatic rings. The quantitative estimate of drug-likeness (QED) is 0.157. The van der Waals surface area contributed by atoms with Gasteiger partial charge in [0, 0.05) is 12.5 Å². The molecule has 0 bridgehead atoms. The van der Waals surface area contributed by atoms with E-state index < -0.39 is 15.6 Å². The largest absolute Gasteiger partial charge is 0.756 e. The van der Waals surface area contributed by atoms with Gasteiger partial charge in [-0.2, -0.15) is 0 Å². The molecule has 0 aromatic heterocycles. The number of nitrogens with two attached hydrogens (primary N) is 1. The minimum atomic E-state index is -4.89. The Kier molecular flexibility index (Phi) is 15.1. The molecule has 1 fully saturated rings. The van der Waals surface area contributed by atoms with E-state index in [0.29, 0.717) is 12.0 Å². The summed E-state index contributed by atoms with van der Waals surface area (Å²) in [7, 11) is -9.78. The smallest absolute Gasteiger partial charge is 0.262 e. The van der Waals surface area contributed by atoms with Crippen molar-refractivity contribution >= 4 is 26.4 Å². The van der Waals surface area contributed by atoms with Crippen LogP contribution in [0, 0.1) is 0 Å². The number of rotatable bonds is 10. The maximum atomic E-state index is 8.77. The number of benzene rings is 2. The number of likely N-dealkylation sites (N-methyl/N-ethyl adjacent to an activating group) is 1. The summed E-state index contributed by atoms with van der Waals surface area (Å²) in [6, 6.07) is 15.6. The summed E-state index contributed by atoms with van der Waals surface area (Å²) in [5.74, 6) is 0.566. The molecule has 2 aromatic carbocycles. The molecular weight excluding hydrogens is 510 g/mol. The SMILES string of the molecule is CC[NH+](CC)CC[NH2+]CC(CC1CCCO1)c1cccc2ccccc12.O=P([O-])(O)O.O=P([O-])(O)O. The van der Waals surface area contributed by atoms with Crippen LogP contribution in [-0.4, -0.2) is 65.0 Å². The molecule has 206 valence electrons. The molecule has 1 saturated heterocycles. The maximum absolute atomic E-state index is 8.77. The van der Waals surface area contributed by atoms with Crippen LogP contribution >= 0.6 is 15.6 Å². The summed E-state index contributed by atoms with van der Waals surface area (Å²) in [6.45, 7) is 11.6. The average Bonchev–Trinajstić information content (AvgIpc) is 3.29. The fraction of sp³-hybridized carbons (Fsp3) is 0.565. The highest BCUT2D eigenvalue weighted by molar-refractivity contribution is 7.43. The van der Waals surface area contributed by atoms with Crippen LogP contribution in [0.1, 0.15) is 44.6 Å². The zero-order valence-corrected chi connectivity index (χ0v) is 22.7. The predicted molar refractivity (Wildman–Crippen MR) is 133 cm³/mol. The van der Waals surface area contributed by atoms with Crippen LogP contribution in [0.3, 0.4) is 0 Å². The summed E-state index contributed by atoms with van der Waals surface area (Å²) in [6.07, 6.45) is 4.05. The lowest BCUT2D eigenvalue weighted by molar-refractivity contribution is -0.909. The summed E-state index contributed by atoms with van der Waals surface area (Å²) < 4.78 is 23.5. The van der Waals surface area contributed by atoms with Gasteiger partial charge < -0.3 is 44.3 Å². The highest BCUT2D eigenvalue weighted by Crippen LogP contribution is 2.31. The van der Waals surface area contributed by atoms with Gasteiger partial charge in [-0.1, -0.05) is 42.5 Å². The first-order valence-corrected chi connectivity index (χ1v) is 15.1. The van der Waals surface area contributed by atoms with Crippen LogP contribution in [0.25, 0.3) is 10.8 Å². The minimum Gasteiger partial charge on any atom is -0.756 e. The standard InChI is InChI=1S/C23H34N2O.2H3O4P/c1-3-25(4-2)15-14-24-18-20(17-21-11-8-16-26-21)23-13-7-10-19-9-5-6-12-22(19)23;2*1-5(2,3)4/h5-7,9-10,12-13,20-21,24H,3-4,8,11,14-18H2,1-2H3;2*(H3,1,2,3,4). The Labute approximate surface area is 212 Å². The Balaban J connectivity index is 0.000000550. The Morgan fingerprint density at radius 1 is 1.03 bits per heavy atom. The molecule has 11 nitrogen and oxygen atoms in total. The van der Waals surface area contributed by atoms with E-state index in [-0.39, 0.29) is 0 Å². The van der Waals surface area contributed by atoms with Gasteiger partial charge in [0.1, 0.15) is 13.1 Å². The molecule has 13 heteroatoms. The molecule has 0 spiro atoms. The molecule has 7 N–H and O–H groups in total. The van der Waals surface area contributed by atoms with Crippen molar-refractivity contribution in [3.05, 3.63) is 48.0 Å². The van der Waals surface area contributed by atoms with E-state index in [1.165, 1.54) is 55.4 Å². The van der Waals surface area contributed by atoms with Crippen LogP contribution in [-0.2, 0) is 13.9 Å². The fourth-order valence-corrected chi connectivity index (χ4v) is 4.33. The Morgan fingerprint density at radius 2 is 1.61 bits per heavy atom. The number of quaternary nitrogens is 2. The van der Waals surface area contributed by atoms with E-state index in [2.05, 4.69) is 61.6 Å². The van der Waals surface area contributed by atoms with E-state index in [0.717, 1.165) is 19.6 Å². The minimum absolute atomic E-state index is 0.445. The maximum Gasteiger partial charge on any atom is 0.262 e. The van der Waals surface area contributed by atoms with Gasteiger partial charge in [0.15, 0.2) is 0 Å². The van der Waals surface area contributed by atoms with Gasteiger partial charge in [0.05, 0.1) is 25.7 Å². The zero-order chi connectivity index (χ0) is 27.2. The number of fused-ring (bicyclic) bond motifs is 1. The van der Waals surface area contributed by atoms with Gasteiger partial charge in [0.25, 0.3) is 15.6 Å². The number of ether oxygens (including phenoxy) is 1. The zero-order valence-electron chi connectivity index (χ0n) is 20.9. The first-order valence-electron chi connectivity index (χ1n) is 12.1. The summed E-state index contributed by atoms with van der Waals surface area (Å²) in [5, 5.41) is 5.31. The molecule has 2 aromatic rings. The fourth-order valence-electron chi connectivity index (χ4n) is 4.33. The van der Waals surface area contributed by atoms with E-state index in [9.17, 15) is 0 Å². The lowest BCUT2D eigenvalue weighted by atomic mass is 9.88. The van der Waals surface area contributed by atoms with E-state index in [1.54, 1.807) is 4.90 Å². The molecule has 0 saturated carbocycles. The first-order chi connectivity index (χ1) is 16.8. The van der Waals surface area contributed by atoms with Gasteiger partial charge in [-0.3, -0.25) is 9.13 Å². The molecule has 36 heavy (non-hydrogen) atoms. The van der Waals surface area contributed by atoms with Gasteiger partial charge in [-0.05, 0) is 49.4 Å². The third kappa shape index (κ3) is 15.8. The van der Waals surface area contributed by atoms with Crippen molar-refractivity contribution in [2.45, 2.75) is 45.1 Å². The summed E-state index contributed by atoms with van der Waals surface area (Å²) in [4.78, 5) is 47.5. The molecular formula is C23H40N2O9P2. The van der Waals surface area contributed by atoms with Crippen LogP contribution < -0.4 is 20.0 Å². The van der Waals surface area contributed by atoms with E-state index >= 15 is 0 Å². The molecule has 2 atom stereocenters. The van der Waals surface area contributed by atoms with Crippen molar-refractivity contribution in [1.29, 1.82) is 0 Å². The van der Waals surface area contributed by atoms with Crippen LogP contribution in [0.15, 0.2) is 42.5 Å². The molecule has 2 unspecified atom stereocenters. The highest BCUT2D eigenvalue weighted by Gasteiger charge is 2.24. The topological polar surface area (TPSA) is 191 Å². The van der Waals surface area contributed by atoms with Crippen molar-refractivity contribution in [1.82, 2.24) is 0 Å². The predicted octanol–water partition coefficient (Wildman–Crippen LogP) is -1.14. The van der Waals surface area contributed by atoms with Crippen molar-refractivity contribution in [2.75, 3.05) is 39.3 Å². The third-order valence-electron chi connectivity index (χ3n) is 5.99. The molecule has 1 heterocycles. The second-order valence-corrected chi connectivity index (χ2v) is 10.6. The Bertz CT molecular complexity index is 931. The third-order valence-corrected chi connectivity index (χ3v) is 5.99. The molecule has 0 radical (unpaired) electrons. The lowest BCUT2D eigenvalue weighted by Gasteiger charge is -2.22. The molecule has 0 aliphatic carbocycles. The summed E-state index contributed by atoms with van der Waals surface area (Å²) >= 11 is 0. The average molecular weight is 551 g/mol. The van der Waals surface area contributed by atoms with Crippen LogP contribution in [0.4, 0.5) is 0 Å². The number of phosphoric acid groups is 2. The van der Waals surface area contributed by atoms with Gasteiger partial charge in [-0.15, -0.1) is 0 Å². The lowest BCUT2D eigenvalue weighted by Crippen LogP contribution is -3.14. The second-order valence-electron chi connectivity index (χ2n) is 8.64. The van der Waals surface area contributed by atoms with Crippen molar-refractivity contribution < 1.29 is 53.4 Å². The number of hydrogen-bond acceptors (Lipinski definition) is 5. The monoisotopic (exact) mass is 550 g/mol. The number of hydrogen-bond donors (Lipinski definition) is 6. The van der Waals surface area contributed by atoms with Crippen LogP contribution in [0.5, 0.6) is 0 Å². The van der Waals surface area contributed by atoms with Gasteiger partial charge in [-0.25, -0.2) is 0 Å². The highest BCUT2D eigenvalue weighted by atomic mass is 31.2. The van der Waals surface area contributed by atoms with Gasteiger partial charge in [0.2, 0.25) is 0 Å². The van der Waals surface area contributed by atoms with E-state index in [1.807, 2.05) is 0 Å².